The Balaban J connectivity index is 2.30. The van der Waals surface area contributed by atoms with Crippen LogP contribution in [0, 0.1) is 0 Å². The van der Waals surface area contributed by atoms with Crippen molar-refractivity contribution >= 4 is 11.6 Å². The summed E-state index contributed by atoms with van der Waals surface area (Å²) in [6, 6.07) is 7.86. The zero-order valence-corrected chi connectivity index (χ0v) is 9.80. The molecule has 1 amide bonds. The molecule has 1 aromatic rings. The Bertz CT molecular complexity index is 406. The zero-order chi connectivity index (χ0) is 12.3. The summed E-state index contributed by atoms with van der Waals surface area (Å²) in [4.78, 5) is 13.7. The number of carbonyl (C=O) groups is 1. The van der Waals surface area contributed by atoms with E-state index in [1.54, 1.807) is 4.90 Å². The van der Waals surface area contributed by atoms with Gasteiger partial charge >= 0.3 is 0 Å². The van der Waals surface area contributed by atoms with E-state index in [4.69, 9.17) is 5.73 Å². The molecule has 0 saturated carbocycles. The van der Waals surface area contributed by atoms with Crippen molar-refractivity contribution in [3.63, 3.8) is 0 Å². The van der Waals surface area contributed by atoms with Gasteiger partial charge < -0.3 is 15.7 Å². The lowest BCUT2D eigenvalue weighted by Crippen LogP contribution is -2.40. The highest BCUT2D eigenvalue weighted by Crippen LogP contribution is 2.26. The van der Waals surface area contributed by atoms with Crippen molar-refractivity contribution in [2.45, 2.75) is 25.4 Å². The SMILES string of the molecule is NCC(O)CN1C(=O)CCCc2ccccc21. The van der Waals surface area contributed by atoms with Gasteiger partial charge in [-0.05, 0) is 24.5 Å². The van der Waals surface area contributed by atoms with Crippen molar-refractivity contribution in [1.82, 2.24) is 0 Å². The monoisotopic (exact) mass is 234 g/mol. The van der Waals surface area contributed by atoms with Gasteiger partial charge in [0, 0.05) is 18.7 Å². The lowest BCUT2D eigenvalue weighted by atomic mass is 10.1. The number of para-hydroxylation sites is 1. The van der Waals surface area contributed by atoms with E-state index in [1.807, 2.05) is 24.3 Å². The fraction of sp³-hybridized carbons (Fsp3) is 0.462. The standard InChI is InChI=1S/C13H18N2O2/c14-8-11(16)9-15-12-6-2-1-4-10(12)5-3-7-13(15)17/h1-2,4,6,11,16H,3,5,7-9,14H2. The molecule has 17 heavy (non-hydrogen) atoms. The maximum absolute atomic E-state index is 12.0. The number of benzene rings is 1. The van der Waals surface area contributed by atoms with Gasteiger partial charge in [-0.25, -0.2) is 0 Å². The summed E-state index contributed by atoms with van der Waals surface area (Å²) >= 11 is 0. The second-order valence-corrected chi connectivity index (χ2v) is 4.38. The second kappa shape index (κ2) is 5.29. The minimum Gasteiger partial charge on any atom is -0.390 e. The molecule has 0 bridgehead atoms. The number of carbonyl (C=O) groups excluding carboxylic acids is 1. The van der Waals surface area contributed by atoms with Crippen LogP contribution in [0.3, 0.4) is 0 Å². The first-order chi connectivity index (χ1) is 8.22. The third-order valence-corrected chi connectivity index (χ3v) is 3.09. The van der Waals surface area contributed by atoms with Gasteiger partial charge in [0.2, 0.25) is 5.91 Å². The molecule has 1 atom stereocenters. The van der Waals surface area contributed by atoms with Gasteiger partial charge in [0.05, 0.1) is 12.6 Å². The Kier molecular flexibility index (Phi) is 3.76. The molecule has 0 aliphatic carbocycles. The number of nitrogens with two attached hydrogens (primary N) is 1. The van der Waals surface area contributed by atoms with Gasteiger partial charge in [-0.1, -0.05) is 18.2 Å². The largest absolute Gasteiger partial charge is 0.390 e. The molecule has 1 aromatic carbocycles. The first-order valence-corrected chi connectivity index (χ1v) is 5.98. The Morgan fingerprint density at radius 1 is 1.35 bits per heavy atom. The molecule has 0 spiro atoms. The summed E-state index contributed by atoms with van der Waals surface area (Å²) in [6.45, 7) is 0.457. The number of rotatable bonds is 3. The highest BCUT2D eigenvalue weighted by atomic mass is 16.3. The fourth-order valence-electron chi connectivity index (χ4n) is 2.17. The van der Waals surface area contributed by atoms with Crippen LogP contribution in [-0.4, -0.2) is 30.2 Å². The Hall–Kier alpha value is -1.39. The van der Waals surface area contributed by atoms with E-state index in [-0.39, 0.29) is 19.0 Å². The maximum atomic E-state index is 12.0. The molecule has 2 rings (SSSR count). The molecule has 4 heteroatoms. The molecule has 4 nitrogen and oxygen atoms in total. The number of anilines is 1. The first-order valence-electron chi connectivity index (χ1n) is 5.98. The average molecular weight is 234 g/mol. The smallest absolute Gasteiger partial charge is 0.227 e. The summed E-state index contributed by atoms with van der Waals surface area (Å²) in [5.74, 6) is 0.0717. The number of aliphatic hydroxyl groups is 1. The number of hydrogen-bond donors (Lipinski definition) is 2. The van der Waals surface area contributed by atoms with Crippen LogP contribution >= 0.6 is 0 Å². The van der Waals surface area contributed by atoms with Crippen LogP contribution in [0.25, 0.3) is 0 Å². The highest BCUT2D eigenvalue weighted by Gasteiger charge is 2.23. The molecule has 0 fully saturated rings. The van der Waals surface area contributed by atoms with Gasteiger partial charge in [-0.2, -0.15) is 0 Å². The van der Waals surface area contributed by atoms with Crippen molar-refractivity contribution in [2.24, 2.45) is 5.73 Å². The number of β-amino-alcohol motifs (C(OH)–C–C–N with tert-alkyl or cyclic N) is 1. The minimum absolute atomic E-state index is 0.0717. The van der Waals surface area contributed by atoms with E-state index in [2.05, 4.69) is 0 Å². The van der Waals surface area contributed by atoms with Crippen LogP contribution in [0.4, 0.5) is 5.69 Å². The highest BCUT2D eigenvalue weighted by molar-refractivity contribution is 5.94. The number of hydrogen-bond acceptors (Lipinski definition) is 3. The maximum Gasteiger partial charge on any atom is 0.227 e. The molecule has 1 aliphatic heterocycles. The van der Waals surface area contributed by atoms with Crippen LogP contribution < -0.4 is 10.6 Å². The average Bonchev–Trinajstić information content (AvgIpc) is 2.50. The molecule has 0 saturated heterocycles. The second-order valence-electron chi connectivity index (χ2n) is 4.38. The third kappa shape index (κ3) is 2.65. The topological polar surface area (TPSA) is 66.6 Å². The van der Waals surface area contributed by atoms with E-state index in [0.29, 0.717) is 6.42 Å². The fourth-order valence-corrected chi connectivity index (χ4v) is 2.17. The van der Waals surface area contributed by atoms with E-state index >= 15 is 0 Å². The van der Waals surface area contributed by atoms with E-state index in [0.717, 1.165) is 18.5 Å². The van der Waals surface area contributed by atoms with Gasteiger partial charge in [0.25, 0.3) is 0 Å². The van der Waals surface area contributed by atoms with Crippen molar-refractivity contribution in [2.75, 3.05) is 18.0 Å². The van der Waals surface area contributed by atoms with Crippen LogP contribution in [0.15, 0.2) is 24.3 Å². The summed E-state index contributed by atoms with van der Waals surface area (Å²) in [5, 5.41) is 9.63. The Morgan fingerprint density at radius 2 is 2.12 bits per heavy atom. The van der Waals surface area contributed by atoms with Crippen molar-refractivity contribution in [3.05, 3.63) is 29.8 Å². The molecule has 0 aromatic heterocycles. The molecule has 1 aliphatic rings. The summed E-state index contributed by atoms with van der Waals surface area (Å²) in [7, 11) is 0. The normalized spacial score (nSPS) is 17.5. The van der Waals surface area contributed by atoms with Gasteiger partial charge in [0.1, 0.15) is 0 Å². The van der Waals surface area contributed by atoms with Crippen molar-refractivity contribution in [3.8, 4) is 0 Å². The number of fused-ring (bicyclic) bond motifs is 1. The van der Waals surface area contributed by atoms with E-state index < -0.39 is 6.10 Å². The number of amides is 1. The lowest BCUT2D eigenvalue weighted by Gasteiger charge is -2.25. The molecule has 1 unspecified atom stereocenters. The lowest BCUT2D eigenvalue weighted by molar-refractivity contribution is -0.118. The number of nitrogens with zero attached hydrogens (tertiary/aromatic N) is 1. The Morgan fingerprint density at radius 3 is 2.88 bits per heavy atom. The predicted octanol–water partition coefficient (Wildman–Crippen LogP) is 0.675. The third-order valence-electron chi connectivity index (χ3n) is 3.09. The number of aliphatic hydroxyl groups excluding tert-OH is 1. The van der Waals surface area contributed by atoms with Gasteiger partial charge in [-0.15, -0.1) is 0 Å². The Labute approximate surface area is 101 Å². The van der Waals surface area contributed by atoms with Crippen LogP contribution in [0.5, 0.6) is 0 Å². The molecule has 0 radical (unpaired) electrons. The van der Waals surface area contributed by atoms with Crippen LogP contribution in [0.2, 0.25) is 0 Å². The molecule has 3 N–H and O–H groups in total. The minimum atomic E-state index is -0.662. The quantitative estimate of drug-likeness (QED) is 0.808. The van der Waals surface area contributed by atoms with Gasteiger partial charge in [-0.3, -0.25) is 4.79 Å². The molecule has 1 heterocycles. The molecular weight excluding hydrogens is 216 g/mol. The van der Waals surface area contributed by atoms with Crippen molar-refractivity contribution < 1.29 is 9.90 Å². The van der Waals surface area contributed by atoms with Crippen LogP contribution in [-0.2, 0) is 11.2 Å². The van der Waals surface area contributed by atoms with E-state index in [9.17, 15) is 9.90 Å². The summed E-state index contributed by atoms with van der Waals surface area (Å²) in [6.07, 6.45) is 1.65. The summed E-state index contributed by atoms with van der Waals surface area (Å²) < 4.78 is 0. The van der Waals surface area contributed by atoms with Crippen molar-refractivity contribution in [1.29, 1.82) is 0 Å². The number of aryl methyl sites for hydroxylation is 1. The molecular formula is C13H18N2O2. The summed E-state index contributed by atoms with van der Waals surface area (Å²) in [5.41, 5.74) is 7.49. The first kappa shape index (κ1) is 12.1. The van der Waals surface area contributed by atoms with Crippen LogP contribution in [0.1, 0.15) is 18.4 Å². The predicted molar refractivity (Wildman–Crippen MR) is 66.8 cm³/mol. The van der Waals surface area contributed by atoms with E-state index in [1.165, 1.54) is 5.56 Å². The van der Waals surface area contributed by atoms with Gasteiger partial charge in [0.15, 0.2) is 0 Å². The zero-order valence-electron chi connectivity index (χ0n) is 9.80. The molecule has 92 valence electrons.